The maximum absolute atomic E-state index is 12.6. The average Bonchev–Trinajstić information content (AvgIpc) is 2.75. The molecule has 0 unspecified atom stereocenters. The number of hydrogen-bond acceptors (Lipinski definition) is 4. The number of likely N-dealkylation sites (N-methyl/N-ethyl adjacent to an activating group) is 1. The summed E-state index contributed by atoms with van der Waals surface area (Å²) in [5.41, 5.74) is 3.24. The van der Waals surface area contributed by atoms with Gasteiger partial charge in [-0.3, -0.25) is 9.69 Å². The second-order valence-electron chi connectivity index (χ2n) is 7.72. The van der Waals surface area contributed by atoms with Crippen molar-refractivity contribution in [3.8, 4) is 5.75 Å². The van der Waals surface area contributed by atoms with Gasteiger partial charge in [0.15, 0.2) is 0 Å². The summed E-state index contributed by atoms with van der Waals surface area (Å²) >= 11 is 0. The number of benzene rings is 2. The molecule has 28 heavy (non-hydrogen) atoms. The van der Waals surface area contributed by atoms with Gasteiger partial charge in [0.05, 0.1) is 5.92 Å². The number of rotatable bonds is 5. The summed E-state index contributed by atoms with van der Waals surface area (Å²) in [4.78, 5) is 17.6. The minimum atomic E-state index is -0.149. The fraction of sp³-hybridized carbons (Fsp3) is 0.435. The van der Waals surface area contributed by atoms with Crippen molar-refractivity contribution in [3.63, 3.8) is 0 Å². The van der Waals surface area contributed by atoms with Crippen molar-refractivity contribution in [1.82, 2.24) is 9.80 Å². The smallest absolute Gasteiger partial charge is 0.231 e. The fourth-order valence-electron chi connectivity index (χ4n) is 3.96. The zero-order chi connectivity index (χ0) is 19.3. The topological polar surface area (TPSA) is 44.8 Å². The molecular weight excluding hydrogens is 350 g/mol. The van der Waals surface area contributed by atoms with Crippen LogP contribution in [0.3, 0.4) is 0 Å². The number of amides is 1. The van der Waals surface area contributed by atoms with Gasteiger partial charge in [-0.05, 0) is 42.3 Å². The van der Waals surface area contributed by atoms with Crippen molar-refractivity contribution < 1.29 is 9.53 Å². The van der Waals surface area contributed by atoms with E-state index in [0.717, 1.165) is 62.7 Å². The van der Waals surface area contributed by atoms with Gasteiger partial charge in [-0.1, -0.05) is 37.3 Å². The Balaban J connectivity index is 1.29. The van der Waals surface area contributed by atoms with Crippen LogP contribution in [-0.4, -0.2) is 55.0 Å². The van der Waals surface area contributed by atoms with E-state index in [-0.39, 0.29) is 11.8 Å². The molecule has 2 aliphatic heterocycles. The molecule has 1 saturated heterocycles. The van der Waals surface area contributed by atoms with E-state index in [2.05, 4.69) is 34.2 Å². The first-order chi connectivity index (χ1) is 13.7. The highest BCUT2D eigenvalue weighted by Crippen LogP contribution is 2.27. The van der Waals surface area contributed by atoms with Crippen LogP contribution in [-0.2, 0) is 17.8 Å². The normalized spacial score (nSPS) is 20.2. The van der Waals surface area contributed by atoms with E-state index in [4.69, 9.17) is 4.74 Å². The monoisotopic (exact) mass is 379 g/mol. The van der Waals surface area contributed by atoms with E-state index >= 15 is 0 Å². The molecule has 0 bridgehead atoms. The van der Waals surface area contributed by atoms with Crippen LogP contribution >= 0.6 is 0 Å². The molecule has 0 radical (unpaired) electrons. The van der Waals surface area contributed by atoms with Gasteiger partial charge in [0.1, 0.15) is 12.4 Å². The molecule has 5 nitrogen and oxygen atoms in total. The third-order valence-electron chi connectivity index (χ3n) is 5.79. The predicted octanol–water partition coefficient (Wildman–Crippen LogP) is 3.01. The summed E-state index contributed by atoms with van der Waals surface area (Å²) in [5, 5.41) is 3.05. The Morgan fingerprint density at radius 3 is 2.50 bits per heavy atom. The molecule has 2 heterocycles. The number of hydrogen-bond donors (Lipinski definition) is 1. The van der Waals surface area contributed by atoms with Gasteiger partial charge in [-0.25, -0.2) is 0 Å². The molecule has 1 fully saturated rings. The van der Waals surface area contributed by atoms with Crippen LogP contribution in [0, 0.1) is 5.92 Å². The lowest BCUT2D eigenvalue weighted by molar-refractivity contribution is -0.121. The van der Waals surface area contributed by atoms with Crippen LogP contribution in [0.15, 0.2) is 48.5 Å². The molecule has 1 N–H and O–H groups in total. The van der Waals surface area contributed by atoms with E-state index in [1.807, 2.05) is 36.4 Å². The van der Waals surface area contributed by atoms with Gasteiger partial charge < -0.3 is 15.0 Å². The number of ether oxygens (including phenoxy) is 1. The number of piperazine rings is 1. The highest BCUT2D eigenvalue weighted by Gasteiger charge is 2.25. The molecular formula is C23H29N3O2. The highest BCUT2D eigenvalue weighted by molar-refractivity contribution is 5.93. The van der Waals surface area contributed by atoms with Gasteiger partial charge in [0.2, 0.25) is 5.91 Å². The maximum atomic E-state index is 12.6. The van der Waals surface area contributed by atoms with Crippen LogP contribution in [0.4, 0.5) is 5.69 Å². The Kier molecular flexibility index (Phi) is 5.93. The summed E-state index contributed by atoms with van der Waals surface area (Å²) in [5.74, 6) is 0.776. The Bertz CT molecular complexity index is 798. The summed E-state index contributed by atoms with van der Waals surface area (Å²) in [6, 6.07) is 16.2. The first kappa shape index (κ1) is 19.0. The number of anilines is 1. The van der Waals surface area contributed by atoms with E-state index < -0.39 is 0 Å². The number of carbonyl (C=O) groups excluding carboxylic acids is 1. The van der Waals surface area contributed by atoms with Crippen LogP contribution in [0.5, 0.6) is 5.75 Å². The lowest BCUT2D eigenvalue weighted by Crippen LogP contribution is -2.45. The predicted molar refractivity (Wildman–Crippen MR) is 112 cm³/mol. The van der Waals surface area contributed by atoms with Gasteiger partial charge >= 0.3 is 0 Å². The largest absolute Gasteiger partial charge is 0.492 e. The molecule has 0 saturated carbocycles. The molecule has 1 amide bonds. The molecule has 2 aromatic carbocycles. The van der Waals surface area contributed by atoms with Crippen LogP contribution in [0.25, 0.3) is 0 Å². The lowest BCUT2D eigenvalue weighted by atomic mass is 9.96. The molecule has 0 aliphatic carbocycles. The summed E-state index contributed by atoms with van der Waals surface area (Å²) < 4.78 is 5.74. The fourth-order valence-corrected chi connectivity index (χ4v) is 3.96. The third kappa shape index (κ3) is 4.54. The highest BCUT2D eigenvalue weighted by atomic mass is 16.5. The van der Waals surface area contributed by atoms with Crippen molar-refractivity contribution in [2.75, 3.05) is 44.6 Å². The zero-order valence-corrected chi connectivity index (χ0v) is 16.6. The average molecular weight is 380 g/mol. The summed E-state index contributed by atoms with van der Waals surface area (Å²) in [6.07, 6.45) is 0.726. The van der Waals surface area contributed by atoms with Gasteiger partial charge in [-0.15, -0.1) is 0 Å². The van der Waals surface area contributed by atoms with Gasteiger partial charge in [0.25, 0.3) is 0 Å². The number of para-hydroxylation sites is 1. The van der Waals surface area contributed by atoms with E-state index in [0.29, 0.717) is 6.61 Å². The number of fused-ring (bicyclic) bond motifs is 1. The number of nitrogens with zero attached hydrogens (tertiary/aromatic N) is 2. The minimum Gasteiger partial charge on any atom is -0.492 e. The quantitative estimate of drug-likeness (QED) is 0.867. The Morgan fingerprint density at radius 1 is 1.04 bits per heavy atom. The third-order valence-corrected chi connectivity index (χ3v) is 5.79. The molecule has 0 aromatic heterocycles. The minimum absolute atomic E-state index is 0.0259. The standard InChI is InChI=1S/C23H29N3O2/c1-2-25-11-13-26(14-12-25)16-18-7-9-21(10-8-18)24-23(27)20-15-19-5-3-4-6-22(19)28-17-20/h3-10,20H,2,11-17H2,1H3,(H,24,27)/t20-/m0/s1. The second kappa shape index (κ2) is 8.76. The van der Waals surface area contributed by atoms with Crippen LogP contribution in [0.2, 0.25) is 0 Å². The van der Waals surface area contributed by atoms with Crippen LogP contribution in [0.1, 0.15) is 18.1 Å². The molecule has 148 valence electrons. The summed E-state index contributed by atoms with van der Waals surface area (Å²) in [6.45, 7) is 9.31. The molecule has 2 aromatic rings. The van der Waals surface area contributed by atoms with Crippen molar-refractivity contribution >= 4 is 11.6 Å². The van der Waals surface area contributed by atoms with E-state index in [9.17, 15) is 4.79 Å². The zero-order valence-electron chi connectivity index (χ0n) is 16.6. The van der Waals surface area contributed by atoms with Crippen LogP contribution < -0.4 is 10.1 Å². The van der Waals surface area contributed by atoms with Gasteiger partial charge in [-0.2, -0.15) is 0 Å². The molecule has 4 rings (SSSR count). The van der Waals surface area contributed by atoms with Crippen molar-refractivity contribution in [1.29, 1.82) is 0 Å². The SMILES string of the molecule is CCN1CCN(Cc2ccc(NC(=O)[C@@H]3COc4ccccc4C3)cc2)CC1. The van der Waals surface area contributed by atoms with Gasteiger partial charge in [0, 0.05) is 38.4 Å². The van der Waals surface area contributed by atoms with Crippen molar-refractivity contribution in [2.45, 2.75) is 19.9 Å². The number of carbonyl (C=O) groups is 1. The maximum Gasteiger partial charge on any atom is 0.231 e. The lowest BCUT2D eigenvalue weighted by Gasteiger charge is -2.34. The first-order valence-electron chi connectivity index (χ1n) is 10.3. The second-order valence-corrected chi connectivity index (χ2v) is 7.72. The Hall–Kier alpha value is -2.37. The summed E-state index contributed by atoms with van der Waals surface area (Å²) in [7, 11) is 0. The molecule has 1 atom stereocenters. The van der Waals surface area contributed by atoms with Crippen molar-refractivity contribution in [2.24, 2.45) is 5.92 Å². The van der Waals surface area contributed by atoms with E-state index in [1.54, 1.807) is 0 Å². The van der Waals surface area contributed by atoms with E-state index in [1.165, 1.54) is 5.56 Å². The Morgan fingerprint density at radius 2 is 1.75 bits per heavy atom. The first-order valence-corrected chi connectivity index (χ1v) is 10.3. The number of nitrogens with one attached hydrogen (secondary N) is 1. The van der Waals surface area contributed by atoms with Crippen molar-refractivity contribution in [3.05, 3.63) is 59.7 Å². The Labute approximate surface area is 167 Å². The molecule has 2 aliphatic rings. The molecule has 0 spiro atoms. The molecule has 5 heteroatoms.